The van der Waals surface area contributed by atoms with Crippen molar-refractivity contribution in [1.82, 2.24) is 0 Å². The van der Waals surface area contributed by atoms with Gasteiger partial charge in [-0.15, -0.1) is 0 Å². The Bertz CT molecular complexity index is 382. The van der Waals surface area contributed by atoms with Gasteiger partial charge in [0.05, 0.1) is 23.7 Å². The summed E-state index contributed by atoms with van der Waals surface area (Å²) in [6.45, 7) is 1.98. The molecule has 0 aromatic heterocycles. The number of nitrogen functional groups attached to an aromatic ring is 1. The molecule has 0 spiro atoms. The lowest BCUT2D eigenvalue weighted by atomic mass is 10.1. The SMILES string of the molecule is CCOC(=O)Cc1ccc(N)c(F)c1Cl. The van der Waals surface area contributed by atoms with E-state index in [0.29, 0.717) is 5.56 Å². The number of hydrogen-bond acceptors (Lipinski definition) is 3. The molecule has 0 saturated heterocycles. The number of halogens is 2. The molecule has 1 rings (SSSR count). The number of esters is 1. The van der Waals surface area contributed by atoms with Crippen LogP contribution in [0.2, 0.25) is 5.02 Å². The number of carbonyl (C=O) groups excluding carboxylic acids is 1. The zero-order valence-electron chi connectivity index (χ0n) is 8.22. The number of rotatable bonds is 3. The number of benzene rings is 1. The molecule has 0 aliphatic rings. The number of ether oxygens (including phenoxy) is 1. The van der Waals surface area contributed by atoms with Crippen LogP contribution in [0.15, 0.2) is 12.1 Å². The lowest BCUT2D eigenvalue weighted by molar-refractivity contribution is -0.142. The second kappa shape index (κ2) is 4.98. The maximum absolute atomic E-state index is 13.2. The third-order valence-corrected chi connectivity index (χ3v) is 2.24. The van der Waals surface area contributed by atoms with Crippen LogP contribution in [0.4, 0.5) is 10.1 Å². The summed E-state index contributed by atoms with van der Waals surface area (Å²) in [7, 11) is 0. The molecule has 0 aliphatic heterocycles. The Kier molecular flexibility index (Phi) is 3.91. The van der Waals surface area contributed by atoms with Gasteiger partial charge in [0.1, 0.15) is 0 Å². The summed E-state index contributed by atoms with van der Waals surface area (Å²) in [5.74, 6) is -1.14. The van der Waals surface area contributed by atoms with Gasteiger partial charge in [-0.05, 0) is 18.6 Å². The van der Waals surface area contributed by atoms with Crippen molar-refractivity contribution in [2.24, 2.45) is 0 Å². The first kappa shape index (κ1) is 11.8. The Morgan fingerprint density at radius 3 is 2.87 bits per heavy atom. The molecule has 0 unspecified atom stereocenters. The van der Waals surface area contributed by atoms with E-state index < -0.39 is 11.8 Å². The first-order valence-corrected chi connectivity index (χ1v) is 4.82. The molecular formula is C10H11ClFNO2. The van der Waals surface area contributed by atoms with E-state index in [1.54, 1.807) is 6.92 Å². The molecule has 1 aromatic rings. The molecule has 0 amide bonds. The van der Waals surface area contributed by atoms with E-state index in [-0.39, 0.29) is 23.7 Å². The second-order valence-corrected chi connectivity index (χ2v) is 3.30. The minimum atomic E-state index is -0.696. The highest BCUT2D eigenvalue weighted by Crippen LogP contribution is 2.25. The highest BCUT2D eigenvalue weighted by Gasteiger charge is 2.13. The molecule has 0 heterocycles. The van der Waals surface area contributed by atoms with Gasteiger partial charge in [-0.2, -0.15) is 0 Å². The minimum Gasteiger partial charge on any atom is -0.466 e. The third-order valence-electron chi connectivity index (χ3n) is 1.83. The summed E-state index contributed by atoms with van der Waals surface area (Å²) < 4.78 is 17.9. The lowest BCUT2D eigenvalue weighted by Gasteiger charge is -2.06. The highest BCUT2D eigenvalue weighted by atomic mass is 35.5. The van der Waals surface area contributed by atoms with Crippen LogP contribution in [0, 0.1) is 5.82 Å². The molecular weight excluding hydrogens is 221 g/mol. The van der Waals surface area contributed by atoms with E-state index in [4.69, 9.17) is 22.1 Å². The quantitative estimate of drug-likeness (QED) is 0.641. The zero-order valence-corrected chi connectivity index (χ0v) is 8.97. The molecule has 0 bridgehead atoms. The molecule has 0 radical (unpaired) electrons. The molecule has 15 heavy (non-hydrogen) atoms. The standard InChI is InChI=1S/C10H11ClFNO2/c1-2-15-8(14)5-6-3-4-7(13)10(12)9(6)11/h3-4H,2,5,13H2,1H3. The van der Waals surface area contributed by atoms with Crippen molar-refractivity contribution in [3.05, 3.63) is 28.5 Å². The highest BCUT2D eigenvalue weighted by molar-refractivity contribution is 6.32. The van der Waals surface area contributed by atoms with Gasteiger partial charge < -0.3 is 10.5 Å². The van der Waals surface area contributed by atoms with Gasteiger partial charge in [0.15, 0.2) is 5.82 Å². The molecule has 0 atom stereocenters. The number of nitrogens with two attached hydrogens (primary N) is 1. The molecule has 3 nitrogen and oxygen atoms in total. The van der Waals surface area contributed by atoms with Crippen molar-refractivity contribution in [2.75, 3.05) is 12.3 Å². The van der Waals surface area contributed by atoms with Gasteiger partial charge in [-0.1, -0.05) is 17.7 Å². The Morgan fingerprint density at radius 1 is 1.60 bits per heavy atom. The number of anilines is 1. The van der Waals surface area contributed by atoms with Gasteiger partial charge in [-0.3, -0.25) is 4.79 Å². The van der Waals surface area contributed by atoms with Gasteiger partial charge in [0.25, 0.3) is 0 Å². The minimum absolute atomic E-state index is 0.0346. The van der Waals surface area contributed by atoms with Crippen LogP contribution in [0.25, 0.3) is 0 Å². The first-order valence-electron chi connectivity index (χ1n) is 4.44. The van der Waals surface area contributed by atoms with Gasteiger partial charge >= 0.3 is 5.97 Å². The van der Waals surface area contributed by atoms with Crippen molar-refractivity contribution in [3.63, 3.8) is 0 Å². The topological polar surface area (TPSA) is 52.3 Å². The zero-order chi connectivity index (χ0) is 11.4. The maximum atomic E-state index is 13.2. The molecule has 1 aromatic carbocycles. The average molecular weight is 232 g/mol. The Labute approximate surface area is 92.0 Å². The maximum Gasteiger partial charge on any atom is 0.310 e. The summed E-state index contributed by atoms with van der Waals surface area (Å²) in [5, 5.41) is -0.122. The van der Waals surface area contributed by atoms with Crippen LogP contribution in [0.5, 0.6) is 0 Å². The van der Waals surface area contributed by atoms with Crippen molar-refractivity contribution < 1.29 is 13.9 Å². The predicted octanol–water partition coefficient (Wildman–Crippen LogP) is 2.17. The Balaban J connectivity index is 2.87. The second-order valence-electron chi connectivity index (χ2n) is 2.92. The van der Waals surface area contributed by atoms with E-state index in [9.17, 15) is 9.18 Å². The van der Waals surface area contributed by atoms with E-state index in [0.717, 1.165) is 0 Å². The average Bonchev–Trinajstić information content (AvgIpc) is 2.20. The monoisotopic (exact) mass is 231 g/mol. The Morgan fingerprint density at radius 2 is 2.27 bits per heavy atom. The van der Waals surface area contributed by atoms with E-state index >= 15 is 0 Å². The van der Waals surface area contributed by atoms with Gasteiger partial charge in [0, 0.05) is 0 Å². The molecule has 0 aliphatic carbocycles. The van der Waals surface area contributed by atoms with Crippen molar-refractivity contribution in [3.8, 4) is 0 Å². The summed E-state index contributed by atoms with van der Waals surface area (Å²) in [4.78, 5) is 11.1. The summed E-state index contributed by atoms with van der Waals surface area (Å²) >= 11 is 5.68. The van der Waals surface area contributed by atoms with Gasteiger partial charge in [0.2, 0.25) is 0 Å². The molecule has 0 fully saturated rings. The van der Waals surface area contributed by atoms with E-state index in [2.05, 4.69) is 0 Å². The molecule has 0 saturated carbocycles. The van der Waals surface area contributed by atoms with Crippen molar-refractivity contribution in [1.29, 1.82) is 0 Å². The fraction of sp³-hybridized carbons (Fsp3) is 0.300. The van der Waals surface area contributed by atoms with E-state index in [1.807, 2.05) is 0 Å². The molecule has 82 valence electrons. The fourth-order valence-electron chi connectivity index (χ4n) is 1.11. The summed E-state index contributed by atoms with van der Waals surface area (Å²) in [6.07, 6.45) is -0.0517. The van der Waals surface area contributed by atoms with Crippen LogP contribution >= 0.6 is 11.6 Å². The molecule has 2 N–H and O–H groups in total. The molecule has 5 heteroatoms. The van der Waals surface area contributed by atoms with Crippen LogP contribution in [-0.2, 0) is 16.0 Å². The predicted molar refractivity (Wildman–Crippen MR) is 56.2 cm³/mol. The Hall–Kier alpha value is -1.29. The summed E-state index contributed by atoms with van der Waals surface area (Å²) in [5.41, 5.74) is 5.65. The van der Waals surface area contributed by atoms with Crippen LogP contribution in [-0.4, -0.2) is 12.6 Å². The smallest absolute Gasteiger partial charge is 0.310 e. The number of carbonyl (C=O) groups is 1. The van der Waals surface area contributed by atoms with Crippen molar-refractivity contribution in [2.45, 2.75) is 13.3 Å². The van der Waals surface area contributed by atoms with Crippen LogP contribution in [0.1, 0.15) is 12.5 Å². The first-order chi connectivity index (χ1) is 7.06. The fourth-order valence-corrected chi connectivity index (χ4v) is 1.35. The lowest BCUT2D eigenvalue weighted by Crippen LogP contribution is -2.08. The van der Waals surface area contributed by atoms with Gasteiger partial charge in [-0.25, -0.2) is 4.39 Å². The third kappa shape index (κ3) is 2.83. The number of hydrogen-bond donors (Lipinski definition) is 1. The largest absolute Gasteiger partial charge is 0.466 e. The van der Waals surface area contributed by atoms with E-state index in [1.165, 1.54) is 12.1 Å². The van der Waals surface area contributed by atoms with Crippen molar-refractivity contribution >= 4 is 23.3 Å². The van der Waals surface area contributed by atoms with Crippen LogP contribution in [0.3, 0.4) is 0 Å². The van der Waals surface area contributed by atoms with Crippen LogP contribution < -0.4 is 5.73 Å². The summed E-state index contributed by atoms with van der Waals surface area (Å²) in [6, 6.07) is 2.88. The normalized spacial score (nSPS) is 10.1.